The van der Waals surface area contributed by atoms with Gasteiger partial charge in [-0.3, -0.25) is 4.90 Å². The van der Waals surface area contributed by atoms with Crippen LogP contribution >= 0.6 is 0 Å². The molecule has 138 valence electrons. The highest BCUT2D eigenvalue weighted by Crippen LogP contribution is 2.26. The number of rotatable bonds is 5. The van der Waals surface area contributed by atoms with Gasteiger partial charge in [0.25, 0.3) is 0 Å². The number of hydrogen-bond acceptors (Lipinski definition) is 2. The molecule has 25 heavy (non-hydrogen) atoms. The Kier molecular flexibility index (Phi) is 6.29. The summed E-state index contributed by atoms with van der Waals surface area (Å²) in [7, 11) is 0. The molecule has 1 atom stereocenters. The van der Waals surface area contributed by atoms with E-state index >= 15 is 0 Å². The maximum atomic E-state index is 13.7. The van der Waals surface area contributed by atoms with Crippen LogP contribution in [0.3, 0.4) is 0 Å². The number of guanidine groups is 1. The van der Waals surface area contributed by atoms with E-state index < -0.39 is 0 Å². The normalized spacial score (nSPS) is 22.5. The van der Waals surface area contributed by atoms with E-state index in [1.54, 1.807) is 13.0 Å². The van der Waals surface area contributed by atoms with E-state index in [9.17, 15) is 4.39 Å². The lowest BCUT2D eigenvalue weighted by molar-refractivity contribution is 0.242. The average Bonchev–Trinajstić information content (AvgIpc) is 3.27. The third kappa shape index (κ3) is 4.94. The Labute approximate surface area is 150 Å². The zero-order valence-corrected chi connectivity index (χ0v) is 15.5. The van der Waals surface area contributed by atoms with Gasteiger partial charge >= 0.3 is 0 Å². The quantitative estimate of drug-likeness (QED) is 0.635. The highest BCUT2D eigenvalue weighted by Gasteiger charge is 2.30. The molecule has 1 aromatic rings. The third-order valence-corrected chi connectivity index (χ3v) is 5.40. The summed E-state index contributed by atoms with van der Waals surface area (Å²) in [4.78, 5) is 7.29. The van der Waals surface area contributed by atoms with Crippen LogP contribution in [-0.2, 0) is 6.54 Å². The number of nitrogens with zero attached hydrogens (tertiary/aromatic N) is 2. The molecule has 2 aliphatic rings. The first-order valence-corrected chi connectivity index (χ1v) is 9.69. The second kappa shape index (κ2) is 8.65. The zero-order valence-electron chi connectivity index (χ0n) is 15.5. The van der Waals surface area contributed by atoms with Crippen molar-refractivity contribution in [2.45, 2.75) is 64.6 Å². The molecule has 1 aliphatic carbocycles. The summed E-state index contributed by atoms with van der Waals surface area (Å²) in [5.41, 5.74) is 1.58. The number of halogens is 1. The predicted molar refractivity (Wildman–Crippen MR) is 101 cm³/mol. The summed E-state index contributed by atoms with van der Waals surface area (Å²) >= 11 is 0. The SMILES string of the molecule is CCNC(=NCc1ccc(C)c(F)c1)NC1CCN(C2CCCC2)C1. The van der Waals surface area contributed by atoms with Crippen molar-refractivity contribution < 1.29 is 4.39 Å². The first-order valence-electron chi connectivity index (χ1n) is 9.69. The molecule has 2 N–H and O–H groups in total. The van der Waals surface area contributed by atoms with Gasteiger partial charge < -0.3 is 10.6 Å². The summed E-state index contributed by atoms with van der Waals surface area (Å²) in [5, 5.41) is 6.89. The molecular weight excluding hydrogens is 315 g/mol. The van der Waals surface area contributed by atoms with E-state index in [1.165, 1.54) is 38.6 Å². The van der Waals surface area contributed by atoms with Crippen LogP contribution in [0.2, 0.25) is 0 Å². The highest BCUT2D eigenvalue weighted by molar-refractivity contribution is 5.80. The second-order valence-electron chi connectivity index (χ2n) is 7.34. The van der Waals surface area contributed by atoms with Crippen molar-refractivity contribution in [2.75, 3.05) is 19.6 Å². The van der Waals surface area contributed by atoms with Gasteiger partial charge in [-0.25, -0.2) is 9.38 Å². The Morgan fingerprint density at radius 1 is 1.28 bits per heavy atom. The molecule has 1 heterocycles. The highest BCUT2D eigenvalue weighted by atomic mass is 19.1. The van der Waals surface area contributed by atoms with Crippen LogP contribution in [0.15, 0.2) is 23.2 Å². The van der Waals surface area contributed by atoms with E-state index in [1.807, 2.05) is 12.1 Å². The lowest BCUT2D eigenvalue weighted by Gasteiger charge is -2.24. The molecule has 1 aliphatic heterocycles. The second-order valence-corrected chi connectivity index (χ2v) is 7.34. The van der Waals surface area contributed by atoms with Crippen LogP contribution < -0.4 is 10.6 Å². The van der Waals surface area contributed by atoms with Gasteiger partial charge in [-0.15, -0.1) is 0 Å². The molecule has 0 radical (unpaired) electrons. The Morgan fingerprint density at radius 2 is 2.08 bits per heavy atom. The Bertz CT molecular complexity index is 595. The minimum absolute atomic E-state index is 0.159. The van der Waals surface area contributed by atoms with E-state index in [4.69, 9.17) is 0 Å². The first-order chi connectivity index (χ1) is 12.2. The van der Waals surface area contributed by atoms with Gasteiger partial charge in [-0.1, -0.05) is 25.0 Å². The molecule has 1 unspecified atom stereocenters. The number of aryl methyl sites for hydroxylation is 1. The molecule has 1 saturated carbocycles. The van der Waals surface area contributed by atoms with Crippen LogP contribution in [0.4, 0.5) is 4.39 Å². The Balaban J connectivity index is 1.56. The predicted octanol–water partition coefficient (Wildman–Crippen LogP) is 3.21. The Morgan fingerprint density at radius 3 is 2.80 bits per heavy atom. The molecule has 2 fully saturated rings. The van der Waals surface area contributed by atoms with E-state index in [0.717, 1.165) is 30.7 Å². The third-order valence-electron chi connectivity index (χ3n) is 5.40. The standard InChI is InChI=1S/C20H31FN4/c1-3-22-20(23-13-16-9-8-15(2)19(21)12-16)24-17-10-11-25(14-17)18-6-4-5-7-18/h8-9,12,17-18H,3-7,10-11,13-14H2,1-2H3,(H2,22,23,24). The van der Waals surface area contributed by atoms with Gasteiger partial charge in [-0.05, 0) is 50.3 Å². The number of benzene rings is 1. The lowest BCUT2D eigenvalue weighted by atomic mass is 10.1. The lowest BCUT2D eigenvalue weighted by Crippen LogP contribution is -2.45. The monoisotopic (exact) mass is 346 g/mol. The van der Waals surface area contributed by atoms with Gasteiger partial charge in [0, 0.05) is 31.7 Å². The van der Waals surface area contributed by atoms with Gasteiger partial charge in [0.15, 0.2) is 5.96 Å². The van der Waals surface area contributed by atoms with Gasteiger partial charge in [0.2, 0.25) is 0 Å². The maximum Gasteiger partial charge on any atom is 0.191 e. The summed E-state index contributed by atoms with van der Waals surface area (Å²) < 4.78 is 13.7. The van der Waals surface area contributed by atoms with Gasteiger partial charge in [-0.2, -0.15) is 0 Å². The minimum Gasteiger partial charge on any atom is -0.357 e. The largest absolute Gasteiger partial charge is 0.357 e. The molecule has 4 nitrogen and oxygen atoms in total. The van der Waals surface area contributed by atoms with Crippen molar-refractivity contribution in [1.29, 1.82) is 0 Å². The summed E-state index contributed by atoms with van der Waals surface area (Å²) in [6.45, 7) is 7.46. The van der Waals surface area contributed by atoms with Crippen molar-refractivity contribution in [2.24, 2.45) is 4.99 Å². The van der Waals surface area contributed by atoms with E-state index in [2.05, 4.69) is 27.4 Å². The molecule has 1 saturated heterocycles. The van der Waals surface area contributed by atoms with Crippen LogP contribution in [0.1, 0.15) is 50.2 Å². The molecule has 0 amide bonds. The van der Waals surface area contributed by atoms with E-state index in [0.29, 0.717) is 18.2 Å². The Hall–Kier alpha value is -1.62. The smallest absolute Gasteiger partial charge is 0.191 e. The summed E-state index contributed by atoms with van der Waals surface area (Å²) in [5.74, 6) is 0.676. The van der Waals surface area contributed by atoms with Crippen molar-refractivity contribution in [1.82, 2.24) is 15.5 Å². The summed E-state index contributed by atoms with van der Waals surface area (Å²) in [6, 6.07) is 6.59. The van der Waals surface area contributed by atoms with Gasteiger partial charge in [0.05, 0.1) is 6.54 Å². The summed E-state index contributed by atoms with van der Waals surface area (Å²) in [6.07, 6.45) is 6.66. The van der Waals surface area contributed by atoms with Crippen molar-refractivity contribution in [3.63, 3.8) is 0 Å². The van der Waals surface area contributed by atoms with Gasteiger partial charge in [0.1, 0.15) is 5.82 Å². The van der Waals surface area contributed by atoms with Crippen molar-refractivity contribution in [3.8, 4) is 0 Å². The minimum atomic E-state index is -0.159. The van der Waals surface area contributed by atoms with Crippen molar-refractivity contribution in [3.05, 3.63) is 35.1 Å². The fourth-order valence-corrected chi connectivity index (χ4v) is 3.92. The van der Waals surface area contributed by atoms with Crippen LogP contribution in [0.25, 0.3) is 0 Å². The number of likely N-dealkylation sites (tertiary alicyclic amines) is 1. The fourth-order valence-electron chi connectivity index (χ4n) is 3.92. The molecule has 0 bridgehead atoms. The maximum absolute atomic E-state index is 13.7. The first kappa shape index (κ1) is 18.2. The molecule has 5 heteroatoms. The van der Waals surface area contributed by atoms with Crippen molar-refractivity contribution >= 4 is 5.96 Å². The van der Waals surface area contributed by atoms with Crippen LogP contribution in [0.5, 0.6) is 0 Å². The fraction of sp³-hybridized carbons (Fsp3) is 0.650. The molecule has 0 spiro atoms. The number of nitrogens with one attached hydrogen (secondary N) is 2. The molecule has 3 rings (SSSR count). The molecule has 0 aromatic heterocycles. The van der Waals surface area contributed by atoms with Crippen LogP contribution in [-0.4, -0.2) is 42.6 Å². The molecular formula is C20H31FN4. The number of hydrogen-bond donors (Lipinski definition) is 2. The average molecular weight is 346 g/mol. The molecule has 1 aromatic carbocycles. The zero-order chi connectivity index (χ0) is 17.6. The topological polar surface area (TPSA) is 39.7 Å². The van der Waals surface area contributed by atoms with Crippen LogP contribution in [0, 0.1) is 12.7 Å². The number of aliphatic imine (C=N–C) groups is 1. The van der Waals surface area contributed by atoms with E-state index in [-0.39, 0.29) is 5.82 Å².